The first-order valence-corrected chi connectivity index (χ1v) is 7.36. The summed E-state index contributed by atoms with van der Waals surface area (Å²) in [6.45, 7) is 3.68. The minimum atomic E-state index is -0.591. The van der Waals surface area contributed by atoms with E-state index in [1.54, 1.807) is 6.07 Å². The number of rotatable bonds is 6. The Balaban J connectivity index is 1.91. The number of ether oxygens (including phenoxy) is 1. The number of phenols is 1. The smallest absolute Gasteiger partial charge is 0.277 e. The van der Waals surface area contributed by atoms with Gasteiger partial charge < -0.3 is 9.84 Å². The number of nitrogens with zero attached hydrogens (tertiary/aromatic N) is 2. The summed E-state index contributed by atoms with van der Waals surface area (Å²) in [4.78, 5) is 21.8. The summed E-state index contributed by atoms with van der Waals surface area (Å²) in [7, 11) is 0. The average Bonchev–Trinajstić information content (AvgIpc) is 2.57. The monoisotopic (exact) mass is 343 g/mol. The Morgan fingerprint density at radius 2 is 2.04 bits per heavy atom. The maximum absolute atomic E-state index is 11.7. The van der Waals surface area contributed by atoms with Crippen LogP contribution in [0.15, 0.2) is 41.5 Å². The second-order valence-corrected chi connectivity index (χ2v) is 5.33. The third-order valence-corrected chi connectivity index (χ3v) is 3.46. The number of nitrogens with one attached hydrogen (secondary N) is 1. The van der Waals surface area contributed by atoms with Crippen molar-refractivity contribution in [2.45, 2.75) is 13.8 Å². The van der Waals surface area contributed by atoms with Crippen LogP contribution < -0.4 is 10.2 Å². The van der Waals surface area contributed by atoms with Crippen molar-refractivity contribution in [1.29, 1.82) is 0 Å². The fraction of sp³-hybridized carbons (Fsp3) is 0.176. The zero-order chi connectivity index (χ0) is 18.4. The highest BCUT2D eigenvalue weighted by molar-refractivity contribution is 5.86. The number of benzene rings is 2. The van der Waals surface area contributed by atoms with Crippen molar-refractivity contribution >= 4 is 17.8 Å². The summed E-state index contributed by atoms with van der Waals surface area (Å²) in [6.07, 6.45) is 1.12. The van der Waals surface area contributed by atoms with E-state index in [1.165, 1.54) is 12.1 Å². The Morgan fingerprint density at radius 3 is 2.72 bits per heavy atom. The lowest BCUT2D eigenvalue weighted by Crippen LogP contribution is -2.24. The second kappa shape index (κ2) is 7.91. The lowest BCUT2D eigenvalue weighted by Gasteiger charge is -2.07. The van der Waals surface area contributed by atoms with Gasteiger partial charge in [-0.05, 0) is 43.2 Å². The van der Waals surface area contributed by atoms with Crippen LogP contribution in [-0.2, 0) is 4.79 Å². The van der Waals surface area contributed by atoms with E-state index < -0.39 is 10.8 Å². The Hall–Kier alpha value is -3.42. The maximum atomic E-state index is 11.7. The van der Waals surface area contributed by atoms with Crippen molar-refractivity contribution in [3.05, 3.63) is 63.2 Å². The molecule has 25 heavy (non-hydrogen) atoms. The zero-order valence-corrected chi connectivity index (χ0v) is 13.7. The lowest BCUT2D eigenvalue weighted by atomic mass is 10.1. The minimum Gasteiger partial charge on any atom is -0.507 e. The van der Waals surface area contributed by atoms with Crippen LogP contribution in [0.1, 0.15) is 16.7 Å². The molecule has 2 N–H and O–H groups in total. The van der Waals surface area contributed by atoms with Crippen molar-refractivity contribution in [3.63, 3.8) is 0 Å². The van der Waals surface area contributed by atoms with Gasteiger partial charge in [-0.25, -0.2) is 5.43 Å². The summed E-state index contributed by atoms with van der Waals surface area (Å²) in [5, 5.41) is 24.0. The van der Waals surface area contributed by atoms with Gasteiger partial charge in [-0.3, -0.25) is 14.9 Å². The fourth-order valence-corrected chi connectivity index (χ4v) is 1.92. The molecule has 0 saturated carbocycles. The number of aromatic hydroxyl groups is 1. The molecule has 0 aliphatic carbocycles. The van der Waals surface area contributed by atoms with Crippen LogP contribution in [0, 0.1) is 24.0 Å². The average molecular weight is 343 g/mol. The number of hydrogen-bond acceptors (Lipinski definition) is 6. The topological polar surface area (TPSA) is 114 Å². The van der Waals surface area contributed by atoms with Gasteiger partial charge in [0.25, 0.3) is 11.6 Å². The van der Waals surface area contributed by atoms with E-state index in [0.717, 1.165) is 23.4 Å². The van der Waals surface area contributed by atoms with Crippen LogP contribution in [0.5, 0.6) is 11.5 Å². The molecule has 0 heterocycles. The first-order valence-electron chi connectivity index (χ1n) is 7.36. The first kappa shape index (κ1) is 17.9. The quantitative estimate of drug-likeness (QED) is 0.475. The predicted molar refractivity (Wildman–Crippen MR) is 91.9 cm³/mol. The molecule has 0 bridgehead atoms. The SMILES string of the molecule is Cc1ccc(OCC(=O)NN=Cc2cc([N+](=O)[O-])ccc2O)cc1C. The number of nitro benzene ring substituents is 1. The summed E-state index contributed by atoms with van der Waals surface area (Å²) in [5.41, 5.74) is 4.33. The summed E-state index contributed by atoms with van der Waals surface area (Å²) >= 11 is 0. The second-order valence-electron chi connectivity index (χ2n) is 5.33. The number of aryl methyl sites for hydroxylation is 2. The minimum absolute atomic E-state index is 0.115. The Labute approximate surface area is 143 Å². The molecule has 0 aliphatic heterocycles. The molecule has 2 rings (SSSR count). The van der Waals surface area contributed by atoms with E-state index in [0.29, 0.717) is 5.75 Å². The molecule has 2 aromatic carbocycles. The largest absolute Gasteiger partial charge is 0.507 e. The third-order valence-electron chi connectivity index (χ3n) is 3.46. The van der Waals surface area contributed by atoms with E-state index in [1.807, 2.05) is 26.0 Å². The van der Waals surface area contributed by atoms with Crippen molar-refractivity contribution in [2.24, 2.45) is 5.10 Å². The number of carbonyl (C=O) groups is 1. The standard InChI is InChI=1S/C17H17N3O5/c1-11-3-5-15(7-12(11)2)25-10-17(22)19-18-9-13-8-14(20(23)24)4-6-16(13)21/h3-9,21H,10H2,1-2H3,(H,19,22). The molecule has 0 saturated heterocycles. The van der Waals surface area contributed by atoms with Gasteiger partial charge in [-0.2, -0.15) is 5.10 Å². The van der Waals surface area contributed by atoms with Gasteiger partial charge in [0.05, 0.1) is 11.1 Å². The van der Waals surface area contributed by atoms with E-state index in [2.05, 4.69) is 10.5 Å². The van der Waals surface area contributed by atoms with Crippen LogP contribution in [0.4, 0.5) is 5.69 Å². The Bertz CT molecular complexity index is 833. The number of carbonyl (C=O) groups excluding carboxylic acids is 1. The van der Waals surface area contributed by atoms with E-state index >= 15 is 0 Å². The highest BCUT2D eigenvalue weighted by Gasteiger charge is 2.09. The first-order chi connectivity index (χ1) is 11.9. The molecule has 2 aromatic rings. The predicted octanol–water partition coefficient (Wildman–Crippen LogP) is 2.45. The van der Waals surface area contributed by atoms with Crippen molar-refractivity contribution in [3.8, 4) is 11.5 Å². The lowest BCUT2D eigenvalue weighted by molar-refractivity contribution is -0.384. The van der Waals surface area contributed by atoms with Gasteiger partial charge in [0.2, 0.25) is 0 Å². The van der Waals surface area contributed by atoms with Gasteiger partial charge in [0.15, 0.2) is 6.61 Å². The molecule has 0 radical (unpaired) electrons. The van der Waals surface area contributed by atoms with Gasteiger partial charge in [0.1, 0.15) is 11.5 Å². The number of nitro groups is 1. The van der Waals surface area contributed by atoms with Crippen molar-refractivity contribution in [2.75, 3.05) is 6.61 Å². The summed E-state index contributed by atoms with van der Waals surface area (Å²) < 4.78 is 5.36. The van der Waals surface area contributed by atoms with Crippen LogP contribution in [0.3, 0.4) is 0 Å². The van der Waals surface area contributed by atoms with Gasteiger partial charge in [0, 0.05) is 17.7 Å². The van der Waals surface area contributed by atoms with Gasteiger partial charge in [-0.1, -0.05) is 6.07 Å². The molecule has 0 aliphatic rings. The highest BCUT2D eigenvalue weighted by Crippen LogP contribution is 2.21. The highest BCUT2D eigenvalue weighted by atomic mass is 16.6. The van der Waals surface area contributed by atoms with Crippen LogP contribution >= 0.6 is 0 Å². The van der Waals surface area contributed by atoms with Crippen LogP contribution in [0.2, 0.25) is 0 Å². The zero-order valence-electron chi connectivity index (χ0n) is 13.7. The van der Waals surface area contributed by atoms with Crippen molar-refractivity contribution in [1.82, 2.24) is 5.43 Å². The summed E-state index contributed by atoms with van der Waals surface area (Å²) in [5.74, 6) is -0.118. The van der Waals surface area contributed by atoms with Gasteiger partial charge >= 0.3 is 0 Å². The van der Waals surface area contributed by atoms with Crippen molar-refractivity contribution < 1.29 is 19.6 Å². The Morgan fingerprint density at radius 1 is 1.28 bits per heavy atom. The molecule has 1 amide bonds. The summed E-state index contributed by atoms with van der Waals surface area (Å²) in [6, 6.07) is 8.99. The molecule has 8 nitrogen and oxygen atoms in total. The molecule has 0 atom stereocenters. The molecule has 0 fully saturated rings. The van der Waals surface area contributed by atoms with Gasteiger partial charge in [-0.15, -0.1) is 0 Å². The maximum Gasteiger partial charge on any atom is 0.277 e. The molecule has 0 unspecified atom stereocenters. The number of hydrazone groups is 1. The Kier molecular flexibility index (Phi) is 5.67. The van der Waals surface area contributed by atoms with Crippen LogP contribution in [-0.4, -0.2) is 28.8 Å². The third kappa shape index (κ3) is 5.03. The molecule has 0 aromatic heterocycles. The molecular formula is C17H17N3O5. The molecule has 0 spiro atoms. The number of phenolic OH excluding ortho intramolecular Hbond substituents is 1. The molecule has 130 valence electrons. The van der Waals surface area contributed by atoms with E-state index in [-0.39, 0.29) is 23.6 Å². The van der Waals surface area contributed by atoms with E-state index in [4.69, 9.17) is 4.74 Å². The van der Waals surface area contributed by atoms with Crippen LogP contribution in [0.25, 0.3) is 0 Å². The number of non-ortho nitro benzene ring substituents is 1. The number of hydrogen-bond donors (Lipinski definition) is 2. The number of amides is 1. The molecule has 8 heteroatoms. The normalized spacial score (nSPS) is 10.6. The fourth-order valence-electron chi connectivity index (χ4n) is 1.92. The molecular weight excluding hydrogens is 326 g/mol. The van der Waals surface area contributed by atoms with E-state index in [9.17, 15) is 20.0 Å².